The molecule has 0 spiro atoms. The van der Waals surface area contributed by atoms with Gasteiger partial charge in [0, 0.05) is 31.1 Å². The summed E-state index contributed by atoms with van der Waals surface area (Å²) in [5.41, 5.74) is 2.51. The molecule has 2 rings (SSSR count). The number of rotatable bonds is 8. The van der Waals surface area contributed by atoms with Crippen LogP contribution in [-0.4, -0.2) is 41.6 Å². The maximum absolute atomic E-state index is 12.2. The standard InChI is InChI=1S/C19H26N4O3S/c1-4-5-20-16(24)9-15-10-17(25)23-19(22-15)27-11-18(26)21-14-7-12(2)6-13(3)8-14/h4,6-8,15,19,22H,1,5,9-11H2,2-3H3,(H,20,24)(H,21,26)(H,23,25). The van der Waals surface area contributed by atoms with Crippen LogP contribution in [0.3, 0.4) is 0 Å². The van der Waals surface area contributed by atoms with Gasteiger partial charge in [-0.1, -0.05) is 12.1 Å². The van der Waals surface area contributed by atoms with Gasteiger partial charge in [0.25, 0.3) is 0 Å². The lowest BCUT2D eigenvalue weighted by molar-refractivity contribution is -0.125. The highest BCUT2D eigenvalue weighted by Crippen LogP contribution is 2.17. The molecule has 1 aliphatic heterocycles. The molecule has 1 heterocycles. The van der Waals surface area contributed by atoms with E-state index in [2.05, 4.69) is 27.8 Å². The van der Waals surface area contributed by atoms with Crippen molar-refractivity contribution in [1.29, 1.82) is 0 Å². The SMILES string of the molecule is C=CCNC(=O)CC1CC(=O)NC(SCC(=O)Nc2cc(C)cc(C)c2)N1. The molecule has 27 heavy (non-hydrogen) atoms. The third kappa shape index (κ3) is 7.44. The highest BCUT2D eigenvalue weighted by Gasteiger charge is 2.27. The van der Waals surface area contributed by atoms with E-state index in [0.717, 1.165) is 16.8 Å². The Hall–Kier alpha value is -2.32. The largest absolute Gasteiger partial charge is 0.353 e. The topological polar surface area (TPSA) is 99.3 Å². The lowest BCUT2D eigenvalue weighted by atomic mass is 10.1. The van der Waals surface area contributed by atoms with Crippen molar-refractivity contribution < 1.29 is 14.4 Å². The van der Waals surface area contributed by atoms with Gasteiger partial charge < -0.3 is 16.0 Å². The summed E-state index contributed by atoms with van der Waals surface area (Å²) in [6.45, 7) is 7.90. The summed E-state index contributed by atoms with van der Waals surface area (Å²) < 4.78 is 0. The first kappa shape index (κ1) is 21.0. The summed E-state index contributed by atoms with van der Waals surface area (Å²) >= 11 is 1.28. The molecule has 1 aliphatic rings. The minimum Gasteiger partial charge on any atom is -0.353 e. The summed E-state index contributed by atoms with van der Waals surface area (Å²) in [6, 6.07) is 5.60. The van der Waals surface area contributed by atoms with Crippen molar-refractivity contribution in [1.82, 2.24) is 16.0 Å². The lowest BCUT2D eigenvalue weighted by Crippen LogP contribution is -2.56. The second-order valence-corrected chi connectivity index (χ2v) is 7.64. The number of carbonyl (C=O) groups excluding carboxylic acids is 3. The van der Waals surface area contributed by atoms with Crippen LogP contribution < -0.4 is 21.3 Å². The zero-order chi connectivity index (χ0) is 19.8. The van der Waals surface area contributed by atoms with Crippen LogP contribution in [0, 0.1) is 13.8 Å². The predicted molar refractivity (Wildman–Crippen MR) is 108 cm³/mol. The van der Waals surface area contributed by atoms with Crippen LogP contribution in [0.5, 0.6) is 0 Å². The third-order valence-electron chi connectivity index (χ3n) is 3.87. The number of carbonyl (C=O) groups is 3. The zero-order valence-corrected chi connectivity index (χ0v) is 16.4. The van der Waals surface area contributed by atoms with Gasteiger partial charge in [-0.3, -0.25) is 19.7 Å². The van der Waals surface area contributed by atoms with Crippen molar-refractivity contribution in [3.8, 4) is 0 Å². The minimum absolute atomic E-state index is 0.137. The van der Waals surface area contributed by atoms with Gasteiger partial charge in [-0.25, -0.2) is 0 Å². The van der Waals surface area contributed by atoms with Crippen LogP contribution in [0.2, 0.25) is 0 Å². The van der Waals surface area contributed by atoms with Crippen molar-refractivity contribution in [2.45, 2.75) is 38.2 Å². The fourth-order valence-corrected chi connectivity index (χ4v) is 3.74. The quantitative estimate of drug-likeness (QED) is 0.503. The number of amides is 3. The van der Waals surface area contributed by atoms with Gasteiger partial charge >= 0.3 is 0 Å². The molecule has 1 saturated heterocycles. The molecule has 3 amide bonds. The van der Waals surface area contributed by atoms with Gasteiger partial charge in [-0.15, -0.1) is 18.3 Å². The Balaban J connectivity index is 1.81. The van der Waals surface area contributed by atoms with Gasteiger partial charge in [-0.05, 0) is 37.1 Å². The van der Waals surface area contributed by atoms with Crippen molar-refractivity contribution in [2.75, 3.05) is 17.6 Å². The number of hydrogen-bond donors (Lipinski definition) is 4. The molecule has 0 bridgehead atoms. The Morgan fingerprint density at radius 3 is 2.63 bits per heavy atom. The van der Waals surface area contributed by atoms with Crippen molar-refractivity contribution in [3.05, 3.63) is 42.0 Å². The first-order valence-corrected chi connectivity index (χ1v) is 9.83. The normalized spacial score (nSPS) is 19.1. The maximum atomic E-state index is 12.2. The van der Waals surface area contributed by atoms with Gasteiger partial charge in [0.1, 0.15) is 5.50 Å². The van der Waals surface area contributed by atoms with E-state index in [4.69, 9.17) is 0 Å². The van der Waals surface area contributed by atoms with Crippen LogP contribution in [0.4, 0.5) is 5.69 Å². The molecular weight excluding hydrogens is 364 g/mol. The Morgan fingerprint density at radius 2 is 1.96 bits per heavy atom. The third-order valence-corrected chi connectivity index (χ3v) is 4.89. The molecule has 0 aromatic heterocycles. The Bertz CT molecular complexity index is 703. The molecule has 2 unspecified atom stereocenters. The fourth-order valence-electron chi connectivity index (χ4n) is 2.85. The first-order chi connectivity index (χ1) is 12.9. The summed E-state index contributed by atoms with van der Waals surface area (Å²) in [4.78, 5) is 35.9. The number of hydrogen-bond acceptors (Lipinski definition) is 5. The highest BCUT2D eigenvalue weighted by molar-refractivity contribution is 8.00. The van der Waals surface area contributed by atoms with Gasteiger partial charge in [-0.2, -0.15) is 0 Å². The number of nitrogens with one attached hydrogen (secondary N) is 4. The van der Waals surface area contributed by atoms with Gasteiger partial charge in [0.05, 0.1) is 5.75 Å². The monoisotopic (exact) mass is 390 g/mol. The molecule has 7 nitrogen and oxygen atoms in total. The second kappa shape index (κ2) is 10.1. The van der Waals surface area contributed by atoms with Crippen molar-refractivity contribution >= 4 is 35.2 Å². The Labute approximate surface area is 163 Å². The summed E-state index contributed by atoms with van der Waals surface area (Å²) in [7, 11) is 0. The molecule has 8 heteroatoms. The molecular formula is C19H26N4O3S. The van der Waals surface area contributed by atoms with E-state index >= 15 is 0 Å². The predicted octanol–water partition coefficient (Wildman–Crippen LogP) is 1.43. The molecule has 0 aliphatic carbocycles. The van der Waals surface area contributed by atoms with Crippen molar-refractivity contribution in [2.24, 2.45) is 0 Å². The molecule has 0 saturated carbocycles. The molecule has 146 valence electrons. The van der Waals surface area contributed by atoms with Gasteiger partial charge in [0.2, 0.25) is 17.7 Å². The van der Waals surface area contributed by atoms with Crippen LogP contribution >= 0.6 is 11.8 Å². The van der Waals surface area contributed by atoms with E-state index in [1.165, 1.54) is 11.8 Å². The van der Waals surface area contributed by atoms with E-state index in [9.17, 15) is 14.4 Å². The number of anilines is 1. The minimum atomic E-state index is -0.409. The highest BCUT2D eigenvalue weighted by atomic mass is 32.2. The smallest absolute Gasteiger partial charge is 0.234 e. The first-order valence-electron chi connectivity index (χ1n) is 8.78. The fraction of sp³-hybridized carbons (Fsp3) is 0.421. The van der Waals surface area contributed by atoms with Crippen LogP contribution in [0.25, 0.3) is 0 Å². The van der Waals surface area contributed by atoms with E-state index in [1.807, 2.05) is 32.0 Å². The Morgan fingerprint density at radius 1 is 1.26 bits per heavy atom. The average molecular weight is 391 g/mol. The van der Waals surface area contributed by atoms with Crippen LogP contribution in [0.1, 0.15) is 24.0 Å². The van der Waals surface area contributed by atoms with E-state index in [0.29, 0.717) is 6.54 Å². The summed E-state index contributed by atoms with van der Waals surface area (Å²) in [6.07, 6.45) is 2.03. The molecule has 1 aromatic carbocycles. The summed E-state index contributed by atoms with van der Waals surface area (Å²) in [5, 5.41) is 11.5. The zero-order valence-electron chi connectivity index (χ0n) is 15.6. The average Bonchev–Trinajstić information content (AvgIpc) is 2.56. The number of benzene rings is 1. The number of thioether (sulfide) groups is 1. The Kier molecular flexibility index (Phi) is 7.87. The molecule has 1 aromatic rings. The van der Waals surface area contributed by atoms with Crippen LogP contribution in [-0.2, 0) is 14.4 Å². The van der Waals surface area contributed by atoms with E-state index in [1.54, 1.807) is 6.08 Å². The second-order valence-electron chi connectivity index (χ2n) is 6.55. The van der Waals surface area contributed by atoms with Crippen LogP contribution in [0.15, 0.2) is 30.9 Å². The van der Waals surface area contributed by atoms with Gasteiger partial charge in [0.15, 0.2) is 0 Å². The number of aryl methyl sites for hydroxylation is 2. The molecule has 2 atom stereocenters. The summed E-state index contributed by atoms with van der Waals surface area (Å²) in [5.74, 6) is -0.242. The molecule has 1 fully saturated rings. The maximum Gasteiger partial charge on any atom is 0.234 e. The van der Waals surface area contributed by atoms with E-state index in [-0.39, 0.29) is 42.4 Å². The lowest BCUT2D eigenvalue weighted by Gasteiger charge is -2.30. The molecule has 0 radical (unpaired) electrons. The van der Waals surface area contributed by atoms with Crippen molar-refractivity contribution in [3.63, 3.8) is 0 Å². The molecule has 4 N–H and O–H groups in total. The van der Waals surface area contributed by atoms with E-state index < -0.39 is 5.50 Å².